The molecule has 26 heavy (non-hydrogen) atoms. The van der Waals surface area contributed by atoms with Gasteiger partial charge in [-0.05, 0) is 95.2 Å². The number of hydrogen-bond acceptors (Lipinski definition) is 2. The van der Waals surface area contributed by atoms with E-state index in [2.05, 4.69) is 53.4 Å². The summed E-state index contributed by atoms with van der Waals surface area (Å²) in [5, 5.41) is 9.38. The Labute approximate surface area is 163 Å². The third-order valence-corrected chi connectivity index (χ3v) is 8.26. The molecule has 0 heterocycles. The molecule has 3 heteroatoms. The van der Waals surface area contributed by atoms with E-state index < -0.39 is 8.32 Å². The van der Waals surface area contributed by atoms with E-state index in [1.54, 1.807) is 5.57 Å². The quantitative estimate of drug-likeness (QED) is 0.382. The van der Waals surface area contributed by atoms with Gasteiger partial charge >= 0.3 is 0 Å². The van der Waals surface area contributed by atoms with Gasteiger partial charge in [-0.3, -0.25) is 0 Å². The number of fused-ring (bicyclic) bond motifs is 1. The smallest absolute Gasteiger partial charge is 0.184 e. The standard InChI is InChI=1S/C23H44O2Si/c1-18(10-8-15-22(2,3)25-26(5,6)7)20-12-13-21-19(14-17-24)11-9-16-23(20,21)4/h14,18,20-21,24H,8-13,15-17H2,1-7H3/t18?,20-,21-,23+/m1/s1. The summed E-state index contributed by atoms with van der Waals surface area (Å²) in [5.41, 5.74) is 2.04. The van der Waals surface area contributed by atoms with Crippen LogP contribution in [-0.2, 0) is 4.43 Å². The molecule has 1 N–H and O–H groups in total. The molecule has 0 aromatic heterocycles. The number of hydrogen-bond donors (Lipinski definition) is 1. The Bertz CT molecular complexity index is 491. The lowest BCUT2D eigenvalue weighted by molar-refractivity contribution is 0.0733. The second-order valence-electron chi connectivity index (χ2n) is 10.9. The Morgan fingerprint density at radius 2 is 2.00 bits per heavy atom. The highest BCUT2D eigenvalue weighted by atomic mass is 28.4. The maximum Gasteiger partial charge on any atom is 0.184 e. The second kappa shape index (κ2) is 8.49. The zero-order valence-corrected chi connectivity index (χ0v) is 19.5. The van der Waals surface area contributed by atoms with Gasteiger partial charge < -0.3 is 9.53 Å². The maximum absolute atomic E-state index is 9.38. The zero-order chi connectivity index (χ0) is 19.6. The lowest BCUT2D eigenvalue weighted by Gasteiger charge is -2.44. The minimum Gasteiger partial charge on any atom is -0.413 e. The molecule has 0 saturated heterocycles. The van der Waals surface area contributed by atoms with Crippen molar-refractivity contribution in [2.75, 3.05) is 6.61 Å². The third-order valence-electron chi connectivity index (χ3n) is 7.10. The first kappa shape index (κ1) is 22.2. The summed E-state index contributed by atoms with van der Waals surface area (Å²) in [7, 11) is -1.47. The van der Waals surface area contributed by atoms with Crippen LogP contribution in [-0.4, -0.2) is 25.6 Å². The molecule has 2 aliphatic rings. The Kier molecular flexibility index (Phi) is 7.24. The molecule has 0 aromatic carbocycles. The van der Waals surface area contributed by atoms with Crippen molar-refractivity contribution < 1.29 is 9.53 Å². The second-order valence-corrected chi connectivity index (χ2v) is 15.3. The number of allylic oxidation sites excluding steroid dienone is 1. The molecular formula is C23H44O2Si. The molecule has 0 spiro atoms. The van der Waals surface area contributed by atoms with Crippen LogP contribution in [0.4, 0.5) is 0 Å². The van der Waals surface area contributed by atoms with Crippen molar-refractivity contribution in [3.8, 4) is 0 Å². The van der Waals surface area contributed by atoms with Crippen LogP contribution in [0.3, 0.4) is 0 Å². The van der Waals surface area contributed by atoms with Gasteiger partial charge in [0, 0.05) is 0 Å². The van der Waals surface area contributed by atoms with Gasteiger partial charge in [0.25, 0.3) is 0 Å². The highest BCUT2D eigenvalue weighted by Crippen LogP contribution is 2.59. The van der Waals surface area contributed by atoms with Crippen LogP contribution in [0.15, 0.2) is 11.6 Å². The van der Waals surface area contributed by atoms with Crippen LogP contribution < -0.4 is 0 Å². The van der Waals surface area contributed by atoms with Crippen LogP contribution in [0.1, 0.15) is 79.1 Å². The molecule has 0 radical (unpaired) electrons. The first-order valence-electron chi connectivity index (χ1n) is 11.0. The SMILES string of the molecule is CC(CCCC(C)(C)O[Si](C)(C)C)[C@H]1CC[C@@H]2C(=CCO)CCC[C@]21C. The lowest BCUT2D eigenvalue weighted by atomic mass is 9.60. The van der Waals surface area contributed by atoms with Gasteiger partial charge in [0.05, 0.1) is 12.2 Å². The van der Waals surface area contributed by atoms with E-state index in [1.807, 2.05) is 0 Å². The first-order chi connectivity index (χ1) is 12.0. The average Bonchev–Trinajstić information content (AvgIpc) is 2.82. The number of aliphatic hydroxyl groups excluding tert-OH is 1. The predicted molar refractivity (Wildman–Crippen MR) is 115 cm³/mol. The van der Waals surface area contributed by atoms with E-state index in [4.69, 9.17) is 4.43 Å². The molecule has 2 fully saturated rings. The molecule has 2 saturated carbocycles. The summed E-state index contributed by atoms with van der Waals surface area (Å²) >= 11 is 0. The minimum atomic E-state index is -1.47. The lowest BCUT2D eigenvalue weighted by Crippen LogP contribution is -2.38. The molecule has 2 rings (SSSR count). The van der Waals surface area contributed by atoms with Gasteiger partial charge in [-0.25, -0.2) is 0 Å². The van der Waals surface area contributed by atoms with Crippen molar-refractivity contribution in [2.45, 2.75) is 104 Å². The summed E-state index contributed by atoms with van der Waals surface area (Å²) in [5.74, 6) is 2.36. The Hall–Kier alpha value is -0.123. The van der Waals surface area contributed by atoms with E-state index in [1.165, 1.54) is 51.4 Å². The molecule has 2 nitrogen and oxygen atoms in total. The van der Waals surface area contributed by atoms with Crippen molar-refractivity contribution >= 4 is 8.32 Å². The fourth-order valence-electron chi connectivity index (χ4n) is 6.31. The number of rotatable bonds is 8. The van der Waals surface area contributed by atoms with E-state index in [0.717, 1.165) is 17.8 Å². The fraction of sp³-hybridized carbons (Fsp3) is 0.913. The van der Waals surface area contributed by atoms with Crippen LogP contribution in [0.5, 0.6) is 0 Å². The van der Waals surface area contributed by atoms with Gasteiger partial charge in [-0.15, -0.1) is 0 Å². The summed E-state index contributed by atoms with van der Waals surface area (Å²) in [6.07, 6.45) is 12.5. The van der Waals surface area contributed by atoms with Gasteiger partial charge in [0.2, 0.25) is 0 Å². The van der Waals surface area contributed by atoms with Gasteiger partial charge in [0.15, 0.2) is 8.32 Å². The highest BCUT2D eigenvalue weighted by molar-refractivity contribution is 6.69. The minimum absolute atomic E-state index is 0.0220. The topological polar surface area (TPSA) is 29.5 Å². The van der Waals surface area contributed by atoms with E-state index in [-0.39, 0.29) is 12.2 Å². The molecule has 0 aromatic rings. The largest absolute Gasteiger partial charge is 0.413 e. The van der Waals surface area contributed by atoms with Crippen molar-refractivity contribution in [2.24, 2.45) is 23.2 Å². The third kappa shape index (κ3) is 5.45. The van der Waals surface area contributed by atoms with Crippen molar-refractivity contribution in [3.05, 3.63) is 11.6 Å². The summed E-state index contributed by atoms with van der Waals surface area (Å²) < 4.78 is 6.39. The molecule has 1 unspecified atom stereocenters. The van der Waals surface area contributed by atoms with Crippen LogP contribution >= 0.6 is 0 Å². The monoisotopic (exact) mass is 380 g/mol. The van der Waals surface area contributed by atoms with Crippen molar-refractivity contribution in [3.63, 3.8) is 0 Å². The molecular weight excluding hydrogens is 336 g/mol. The molecule has 0 aliphatic heterocycles. The van der Waals surface area contributed by atoms with E-state index >= 15 is 0 Å². The van der Waals surface area contributed by atoms with Crippen LogP contribution in [0, 0.1) is 23.2 Å². The fourth-order valence-corrected chi connectivity index (χ4v) is 8.07. The van der Waals surface area contributed by atoms with Crippen LogP contribution in [0.25, 0.3) is 0 Å². The van der Waals surface area contributed by atoms with E-state index in [9.17, 15) is 5.11 Å². The maximum atomic E-state index is 9.38. The predicted octanol–water partition coefficient (Wildman–Crippen LogP) is 6.56. The molecule has 0 amide bonds. The van der Waals surface area contributed by atoms with Gasteiger partial charge in [-0.2, -0.15) is 0 Å². The van der Waals surface area contributed by atoms with Crippen molar-refractivity contribution in [1.82, 2.24) is 0 Å². The molecule has 0 bridgehead atoms. The average molecular weight is 381 g/mol. The molecule has 152 valence electrons. The van der Waals surface area contributed by atoms with Gasteiger partial charge in [-0.1, -0.05) is 38.3 Å². The van der Waals surface area contributed by atoms with Crippen LogP contribution in [0.2, 0.25) is 19.6 Å². The Morgan fingerprint density at radius 3 is 2.62 bits per heavy atom. The molecule has 4 atom stereocenters. The summed E-state index contributed by atoms with van der Waals surface area (Å²) in [6.45, 7) is 16.7. The number of aliphatic hydroxyl groups is 1. The first-order valence-corrected chi connectivity index (χ1v) is 14.4. The zero-order valence-electron chi connectivity index (χ0n) is 18.5. The van der Waals surface area contributed by atoms with Crippen molar-refractivity contribution in [1.29, 1.82) is 0 Å². The summed E-state index contributed by atoms with van der Waals surface area (Å²) in [6, 6.07) is 0. The highest BCUT2D eigenvalue weighted by Gasteiger charge is 2.50. The Balaban J connectivity index is 1.92. The van der Waals surface area contributed by atoms with Gasteiger partial charge in [0.1, 0.15) is 0 Å². The summed E-state index contributed by atoms with van der Waals surface area (Å²) in [4.78, 5) is 0. The molecule has 2 aliphatic carbocycles. The normalized spacial score (nSPS) is 32.7. The van der Waals surface area contributed by atoms with E-state index in [0.29, 0.717) is 5.41 Å². The Morgan fingerprint density at radius 1 is 1.31 bits per heavy atom.